The Hall–Kier alpha value is -3.31. The number of amides is 1. The summed E-state index contributed by atoms with van der Waals surface area (Å²) in [6, 6.07) is 7.80. The molecular weight excluding hydrogens is 434 g/mol. The van der Waals surface area contributed by atoms with Crippen LogP contribution in [0.25, 0.3) is 6.08 Å². The number of benzene rings is 1. The van der Waals surface area contributed by atoms with Crippen LogP contribution >= 0.6 is 24.0 Å². The molecule has 3 rings (SSSR count). The maximum atomic E-state index is 12.4. The fraction of sp³-hybridized carbons (Fsp3) is 0.158. The van der Waals surface area contributed by atoms with Crippen LogP contribution in [0.4, 0.5) is 0 Å². The van der Waals surface area contributed by atoms with Crippen molar-refractivity contribution in [3.63, 3.8) is 0 Å². The lowest BCUT2D eigenvalue weighted by molar-refractivity contribution is -0.140. The smallest absolute Gasteiger partial charge is 0.371 e. The molecule has 2 N–H and O–H groups in total. The highest BCUT2D eigenvalue weighted by atomic mass is 32.2. The predicted molar refractivity (Wildman–Crippen MR) is 111 cm³/mol. The Morgan fingerprint density at radius 1 is 1.23 bits per heavy atom. The first kappa shape index (κ1) is 21.4. The molecule has 30 heavy (non-hydrogen) atoms. The Kier molecular flexibility index (Phi) is 6.43. The van der Waals surface area contributed by atoms with E-state index in [-0.39, 0.29) is 16.7 Å². The lowest BCUT2D eigenvalue weighted by Crippen LogP contribution is -2.33. The average molecular weight is 449 g/mol. The summed E-state index contributed by atoms with van der Waals surface area (Å²) in [5, 5.41) is 17.8. The first-order chi connectivity index (χ1) is 14.3. The van der Waals surface area contributed by atoms with Gasteiger partial charge >= 0.3 is 11.9 Å². The molecule has 1 saturated heterocycles. The minimum Gasteiger partial charge on any atom is -0.493 e. The van der Waals surface area contributed by atoms with Crippen LogP contribution in [-0.4, -0.2) is 50.9 Å². The number of rotatable bonds is 8. The number of thioether (sulfide) groups is 1. The highest BCUT2D eigenvalue weighted by Crippen LogP contribution is 2.35. The van der Waals surface area contributed by atoms with Crippen molar-refractivity contribution >= 4 is 52.2 Å². The first-order valence-electron chi connectivity index (χ1n) is 8.38. The quantitative estimate of drug-likeness (QED) is 0.459. The summed E-state index contributed by atoms with van der Waals surface area (Å²) in [6.45, 7) is -0.495. The molecule has 1 aromatic carbocycles. The molecule has 2 heterocycles. The van der Waals surface area contributed by atoms with Crippen LogP contribution in [0.15, 0.2) is 39.7 Å². The van der Waals surface area contributed by atoms with Crippen LogP contribution in [0.2, 0.25) is 0 Å². The molecule has 0 atom stereocenters. The van der Waals surface area contributed by atoms with Gasteiger partial charge in [-0.3, -0.25) is 14.5 Å². The highest BCUT2D eigenvalue weighted by Gasteiger charge is 2.33. The number of hydrogen-bond acceptors (Lipinski definition) is 8. The van der Waals surface area contributed by atoms with E-state index in [0.29, 0.717) is 27.7 Å². The van der Waals surface area contributed by atoms with Crippen molar-refractivity contribution in [3.8, 4) is 11.5 Å². The number of carboxylic acids is 2. The molecule has 0 radical (unpaired) electrons. The molecule has 1 aliphatic rings. The van der Waals surface area contributed by atoms with Gasteiger partial charge in [0.25, 0.3) is 5.91 Å². The van der Waals surface area contributed by atoms with Gasteiger partial charge in [-0.2, -0.15) is 0 Å². The molecule has 0 saturated carbocycles. The van der Waals surface area contributed by atoms with Gasteiger partial charge in [-0.1, -0.05) is 30.0 Å². The van der Waals surface area contributed by atoms with Crippen molar-refractivity contribution in [1.29, 1.82) is 0 Å². The van der Waals surface area contributed by atoms with Crippen LogP contribution < -0.4 is 9.47 Å². The van der Waals surface area contributed by atoms with E-state index in [1.165, 1.54) is 19.2 Å². The van der Waals surface area contributed by atoms with E-state index in [2.05, 4.69) is 0 Å². The third-order valence-electron chi connectivity index (χ3n) is 3.89. The number of carbonyl (C=O) groups is 3. The fourth-order valence-electron chi connectivity index (χ4n) is 2.54. The van der Waals surface area contributed by atoms with Gasteiger partial charge in [0.2, 0.25) is 5.76 Å². The largest absolute Gasteiger partial charge is 0.493 e. The number of hydrogen-bond donors (Lipinski definition) is 2. The number of nitrogens with zero attached hydrogens (tertiary/aromatic N) is 1. The van der Waals surface area contributed by atoms with Crippen LogP contribution in [0.1, 0.15) is 21.9 Å². The zero-order chi connectivity index (χ0) is 21.8. The number of methoxy groups -OCH3 is 1. The van der Waals surface area contributed by atoms with E-state index in [1.807, 2.05) is 0 Å². The first-order valence-corrected chi connectivity index (χ1v) is 9.61. The summed E-state index contributed by atoms with van der Waals surface area (Å²) < 4.78 is 16.3. The van der Waals surface area contributed by atoms with Crippen molar-refractivity contribution in [3.05, 3.63) is 52.3 Å². The van der Waals surface area contributed by atoms with Crippen molar-refractivity contribution in [1.82, 2.24) is 4.90 Å². The fourth-order valence-corrected chi connectivity index (χ4v) is 3.79. The number of thiocarbonyl (C=S) groups is 1. The Morgan fingerprint density at radius 3 is 2.63 bits per heavy atom. The van der Waals surface area contributed by atoms with Gasteiger partial charge in [0.1, 0.15) is 23.2 Å². The van der Waals surface area contributed by atoms with Crippen LogP contribution in [0.3, 0.4) is 0 Å². The molecule has 1 fully saturated rings. The van der Waals surface area contributed by atoms with E-state index >= 15 is 0 Å². The van der Waals surface area contributed by atoms with Crippen LogP contribution in [-0.2, 0) is 16.2 Å². The van der Waals surface area contributed by atoms with Gasteiger partial charge in [0.05, 0.1) is 12.0 Å². The van der Waals surface area contributed by atoms with E-state index in [0.717, 1.165) is 16.7 Å². The Labute approximate surface area is 179 Å². The zero-order valence-electron chi connectivity index (χ0n) is 15.5. The molecule has 0 spiro atoms. The maximum Gasteiger partial charge on any atom is 0.371 e. The van der Waals surface area contributed by atoms with Gasteiger partial charge in [-0.05, 0) is 35.9 Å². The summed E-state index contributed by atoms with van der Waals surface area (Å²) in [4.78, 5) is 35.4. The molecular formula is C19H15NO8S2. The molecule has 1 aromatic heterocycles. The van der Waals surface area contributed by atoms with E-state index < -0.39 is 24.4 Å². The molecule has 2 aromatic rings. The number of aromatic carboxylic acids is 1. The predicted octanol–water partition coefficient (Wildman–Crippen LogP) is 2.85. The van der Waals surface area contributed by atoms with Gasteiger partial charge < -0.3 is 24.1 Å². The third-order valence-corrected chi connectivity index (χ3v) is 5.27. The summed E-state index contributed by atoms with van der Waals surface area (Å²) in [7, 11) is 1.45. The number of furan rings is 1. The minimum absolute atomic E-state index is 0.00314. The van der Waals surface area contributed by atoms with Gasteiger partial charge in [0, 0.05) is 0 Å². The Bertz CT molecular complexity index is 1060. The lowest BCUT2D eigenvalue weighted by atomic mass is 10.2. The van der Waals surface area contributed by atoms with Crippen molar-refractivity contribution in [2.24, 2.45) is 0 Å². The standard InChI is InChI=1S/C19H15NO8S2/c1-26-14-6-10(7-15-17(23)20(8-16(21)22)19(29)30-15)2-4-12(14)27-9-11-3-5-13(28-11)18(24)25/h2-7H,8-9H2,1H3,(H,21,22)(H,24,25)/b15-7+. The molecule has 0 bridgehead atoms. The van der Waals surface area contributed by atoms with Crippen LogP contribution in [0.5, 0.6) is 11.5 Å². The van der Waals surface area contributed by atoms with Gasteiger partial charge in [0.15, 0.2) is 11.5 Å². The summed E-state index contributed by atoms with van der Waals surface area (Å²) in [5.41, 5.74) is 0.626. The minimum atomic E-state index is -1.17. The SMILES string of the molecule is COc1cc(/C=C2/SC(=S)N(CC(=O)O)C2=O)ccc1OCc1ccc(C(=O)O)o1. The number of carbonyl (C=O) groups excluding carboxylic acids is 1. The molecule has 0 aliphatic carbocycles. The molecule has 11 heteroatoms. The second-order valence-electron chi connectivity index (χ2n) is 5.93. The summed E-state index contributed by atoms with van der Waals surface area (Å²) in [5.74, 6) is -1.87. The average Bonchev–Trinajstić information content (AvgIpc) is 3.27. The summed E-state index contributed by atoms with van der Waals surface area (Å²) in [6.07, 6.45) is 1.58. The molecule has 0 unspecified atom stereocenters. The van der Waals surface area contributed by atoms with Gasteiger partial charge in [-0.25, -0.2) is 4.79 Å². The Balaban J connectivity index is 1.74. The highest BCUT2D eigenvalue weighted by molar-refractivity contribution is 8.26. The second-order valence-corrected chi connectivity index (χ2v) is 7.61. The molecule has 1 amide bonds. The maximum absolute atomic E-state index is 12.4. The van der Waals surface area contributed by atoms with Crippen molar-refractivity contribution in [2.45, 2.75) is 6.61 Å². The normalized spacial score (nSPS) is 15.0. The zero-order valence-corrected chi connectivity index (χ0v) is 17.1. The summed E-state index contributed by atoms with van der Waals surface area (Å²) >= 11 is 6.09. The topological polar surface area (TPSA) is 127 Å². The lowest BCUT2D eigenvalue weighted by Gasteiger charge is -2.11. The van der Waals surface area contributed by atoms with E-state index in [1.54, 1.807) is 24.3 Å². The van der Waals surface area contributed by atoms with Crippen molar-refractivity contribution < 1.29 is 38.5 Å². The molecule has 156 valence electrons. The Morgan fingerprint density at radius 2 is 2.00 bits per heavy atom. The van der Waals surface area contributed by atoms with Crippen LogP contribution in [0, 0.1) is 0 Å². The number of ether oxygens (including phenoxy) is 2. The number of carboxylic acid groups (broad SMARTS) is 2. The molecule has 9 nitrogen and oxygen atoms in total. The third kappa shape index (κ3) is 4.81. The van der Waals surface area contributed by atoms with E-state index in [4.69, 9.17) is 36.3 Å². The number of aliphatic carboxylic acids is 1. The second kappa shape index (κ2) is 9.01. The molecule has 1 aliphatic heterocycles. The van der Waals surface area contributed by atoms with Gasteiger partial charge in [-0.15, -0.1) is 0 Å². The monoisotopic (exact) mass is 449 g/mol. The van der Waals surface area contributed by atoms with Crippen molar-refractivity contribution in [2.75, 3.05) is 13.7 Å². The van der Waals surface area contributed by atoms with E-state index in [9.17, 15) is 14.4 Å².